The Balaban J connectivity index is 0.00000204. The molecule has 0 aromatic carbocycles. The van der Waals surface area contributed by atoms with Crippen LogP contribution in [0.4, 0.5) is 30.6 Å². The van der Waals surface area contributed by atoms with Crippen LogP contribution >= 0.6 is 13.5 Å². The minimum atomic E-state index is -4.51. The lowest BCUT2D eigenvalue weighted by atomic mass is 9.89. The molecule has 35 heavy (non-hydrogen) atoms. The van der Waals surface area contributed by atoms with Gasteiger partial charge >= 0.3 is 6.18 Å². The largest absolute Gasteiger partial charge is 0.474 e. The number of rotatable bonds is 5. The second-order valence-electron chi connectivity index (χ2n) is 8.53. The predicted molar refractivity (Wildman–Crippen MR) is 137 cm³/mol. The number of likely N-dealkylation sites (N-methyl/N-ethyl adjacent to an activating group) is 1. The van der Waals surface area contributed by atoms with E-state index in [2.05, 4.69) is 25.6 Å². The number of aromatic nitrogens is 3. The third-order valence-corrected chi connectivity index (χ3v) is 5.70. The summed E-state index contributed by atoms with van der Waals surface area (Å²) in [6.07, 6.45) is -3.59. The Labute approximate surface area is 211 Å². The number of aryl methyl sites for hydroxylation is 1. The van der Waals surface area contributed by atoms with Gasteiger partial charge in [-0.1, -0.05) is 34.8 Å². The van der Waals surface area contributed by atoms with Gasteiger partial charge in [-0.25, -0.2) is 9.97 Å². The Hall–Kier alpha value is -2.76. The molecule has 1 saturated carbocycles. The van der Waals surface area contributed by atoms with Crippen molar-refractivity contribution in [1.29, 1.82) is 0 Å². The minimum Gasteiger partial charge on any atom is -0.474 e. The maximum absolute atomic E-state index is 12.8. The first-order valence-corrected chi connectivity index (χ1v) is 10.4. The normalized spacial score (nSPS) is 20.9. The van der Waals surface area contributed by atoms with Gasteiger partial charge in [-0.2, -0.15) is 31.7 Å². The van der Waals surface area contributed by atoms with Crippen molar-refractivity contribution < 1.29 is 22.7 Å². The number of ether oxygens (including phenoxy) is 1. The first-order valence-electron chi connectivity index (χ1n) is 10.4. The van der Waals surface area contributed by atoms with Crippen LogP contribution in [0.1, 0.15) is 52.9 Å². The topological polar surface area (TPSA) is 92.3 Å². The average Bonchev–Trinajstić information content (AvgIpc) is 2.66. The lowest BCUT2D eigenvalue weighted by Crippen LogP contribution is -2.50. The molecule has 4 rings (SSSR count). The molecule has 0 unspecified atom stereocenters. The average molecular weight is 517 g/mol. The molecule has 2 N–H and O–H groups in total. The molecular formula is C23H35F3N6O2S. The monoisotopic (exact) mass is 516 g/mol. The summed E-state index contributed by atoms with van der Waals surface area (Å²) in [5.41, 5.74) is 0.281. The molecule has 1 atom stereocenters. The van der Waals surface area contributed by atoms with E-state index in [-0.39, 0.29) is 64.2 Å². The number of anilines is 3. The van der Waals surface area contributed by atoms with Crippen molar-refractivity contribution in [2.75, 3.05) is 22.6 Å². The number of fused-ring (bicyclic) bond motifs is 1. The second kappa shape index (κ2) is 11.3. The molecule has 0 bridgehead atoms. The maximum atomic E-state index is 12.8. The molecule has 2 aromatic rings. The van der Waals surface area contributed by atoms with Crippen molar-refractivity contribution in [3.05, 3.63) is 29.6 Å². The van der Waals surface area contributed by atoms with Crippen LogP contribution in [0, 0.1) is 12.8 Å². The number of hydrogen-bond donors (Lipinski definition) is 2. The molecule has 2 aromatic heterocycles. The van der Waals surface area contributed by atoms with Gasteiger partial charge in [-0.3, -0.25) is 4.79 Å². The van der Waals surface area contributed by atoms with E-state index in [0.717, 1.165) is 6.07 Å². The van der Waals surface area contributed by atoms with Gasteiger partial charge in [0.25, 0.3) is 0 Å². The van der Waals surface area contributed by atoms with Crippen molar-refractivity contribution in [3.8, 4) is 5.88 Å². The van der Waals surface area contributed by atoms with Crippen molar-refractivity contribution in [3.63, 3.8) is 0 Å². The van der Waals surface area contributed by atoms with Gasteiger partial charge in [0.2, 0.25) is 17.7 Å². The van der Waals surface area contributed by atoms with Gasteiger partial charge in [0.15, 0.2) is 5.82 Å². The number of carbonyl (C=O) groups excluding carboxylic acids is 1. The van der Waals surface area contributed by atoms with Gasteiger partial charge < -0.3 is 20.3 Å². The van der Waals surface area contributed by atoms with E-state index >= 15 is 0 Å². The summed E-state index contributed by atoms with van der Waals surface area (Å²) < 4.78 is 44.0. The predicted octanol–water partition coefficient (Wildman–Crippen LogP) is 5.02. The highest BCUT2D eigenvalue weighted by Crippen LogP contribution is 2.35. The van der Waals surface area contributed by atoms with E-state index in [1.54, 1.807) is 0 Å². The Bertz CT molecular complexity index is 1030. The van der Waals surface area contributed by atoms with Crippen LogP contribution in [-0.2, 0) is 11.0 Å². The molecular weight excluding hydrogens is 481 g/mol. The Morgan fingerprint density at radius 3 is 2.43 bits per heavy atom. The van der Waals surface area contributed by atoms with Crippen LogP contribution < -0.4 is 20.3 Å². The summed E-state index contributed by atoms with van der Waals surface area (Å²) in [5, 5.41) is 6.16. The Morgan fingerprint density at radius 1 is 1.17 bits per heavy atom. The van der Waals surface area contributed by atoms with E-state index < -0.39 is 11.9 Å². The molecule has 1 fully saturated rings. The fourth-order valence-electron chi connectivity index (χ4n) is 4.05. The number of halogens is 3. The van der Waals surface area contributed by atoms with Crippen LogP contribution in [0.5, 0.6) is 5.88 Å². The number of nitrogens with one attached hydrogen (secondary N) is 2. The SMILES string of the molecule is C.C.Cc1nc(NC2CC(Oc3cccc(C(F)(F)F)n3)C2)nc2c1NC(=O)[C@H](C(C)C)N2C.S. The lowest BCUT2D eigenvalue weighted by molar-refractivity contribution is -0.141. The van der Waals surface area contributed by atoms with Crippen molar-refractivity contribution in [2.24, 2.45) is 5.92 Å². The third-order valence-electron chi connectivity index (χ3n) is 5.70. The fourth-order valence-corrected chi connectivity index (χ4v) is 4.05. The van der Waals surface area contributed by atoms with Gasteiger partial charge in [0, 0.05) is 32.0 Å². The number of hydrogen-bond acceptors (Lipinski definition) is 7. The van der Waals surface area contributed by atoms with Crippen LogP contribution in [0.2, 0.25) is 0 Å². The van der Waals surface area contributed by atoms with Crippen LogP contribution in [0.25, 0.3) is 0 Å². The van der Waals surface area contributed by atoms with Crippen molar-refractivity contribution in [1.82, 2.24) is 15.0 Å². The Morgan fingerprint density at radius 2 is 1.83 bits per heavy atom. The molecule has 1 aliphatic carbocycles. The van der Waals surface area contributed by atoms with Gasteiger partial charge in [0.05, 0.1) is 5.69 Å². The number of nitrogens with zero attached hydrogens (tertiary/aromatic N) is 4. The molecule has 3 heterocycles. The molecule has 0 spiro atoms. The number of amides is 1. The summed E-state index contributed by atoms with van der Waals surface area (Å²) in [4.78, 5) is 26.9. The van der Waals surface area contributed by atoms with Crippen LogP contribution in [-0.4, -0.2) is 46.1 Å². The van der Waals surface area contributed by atoms with E-state index in [1.807, 2.05) is 32.7 Å². The zero-order valence-corrected chi connectivity index (χ0v) is 19.7. The van der Waals surface area contributed by atoms with Gasteiger partial charge in [-0.15, -0.1) is 0 Å². The number of carbonyl (C=O) groups is 1. The second-order valence-corrected chi connectivity index (χ2v) is 8.53. The molecule has 2 aliphatic rings. The zero-order chi connectivity index (χ0) is 23.2. The first-order chi connectivity index (χ1) is 15.0. The summed E-state index contributed by atoms with van der Waals surface area (Å²) in [6, 6.07) is 3.31. The molecule has 1 amide bonds. The number of pyridine rings is 1. The molecule has 0 radical (unpaired) electrons. The summed E-state index contributed by atoms with van der Waals surface area (Å²) in [6.45, 7) is 5.76. The Kier molecular flexibility index (Phi) is 9.79. The zero-order valence-electron chi connectivity index (χ0n) is 18.7. The van der Waals surface area contributed by atoms with Gasteiger partial charge in [-0.05, 0) is 18.9 Å². The van der Waals surface area contributed by atoms with E-state index in [9.17, 15) is 18.0 Å². The number of alkyl halides is 3. The summed E-state index contributed by atoms with van der Waals surface area (Å²) in [7, 11) is 1.84. The van der Waals surface area contributed by atoms with Crippen LogP contribution in [0.15, 0.2) is 18.2 Å². The van der Waals surface area contributed by atoms with E-state index in [0.29, 0.717) is 36.0 Å². The molecule has 196 valence electrons. The third kappa shape index (κ3) is 6.28. The molecule has 8 nitrogen and oxygen atoms in total. The van der Waals surface area contributed by atoms with Crippen molar-refractivity contribution >= 4 is 36.9 Å². The van der Waals surface area contributed by atoms with Gasteiger partial charge in [0.1, 0.15) is 23.5 Å². The molecule has 0 saturated heterocycles. The minimum absolute atomic E-state index is 0. The highest BCUT2D eigenvalue weighted by molar-refractivity contribution is 7.59. The molecule has 12 heteroatoms. The van der Waals surface area contributed by atoms with Crippen LogP contribution in [0.3, 0.4) is 0 Å². The van der Waals surface area contributed by atoms with E-state index in [4.69, 9.17) is 4.74 Å². The highest BCUT2D eigenvalue weighted by Gasteiger charge is 2.37. The van der Waals surface area contributed by atoms with E-state index in [1.165, 1.54) is 12.1 Å². The highest BCUT2D eigenvalue weighted by atomic mass is 32.1. The standard InChI is InChI=1S/C21H25F3N6O2.2CH4.H2S/c1-10(2)17-19(31)28-16-11(3)25-20(29-18(16)30(17)4)26-12-8-13(9-12)32-15-7-5-6-14(27-15)21(22,23)24;;;/h5-7,10,12-13,17H,8-9H2,1-4H3,(H,28,31)(H,25,26,29);2*1H4;1H2/t12?,13?,17-;;;/m0.../s1. The first kappa shape index (κ1) is 30.3. The maximum Gasteiger partial charge on any atom is 0.433 e. The summed E-state index contributed by atoms with van der Waals surface area (Å²) >= 11 is 0. The molecule has 1 aliphatic heterocycles. The smallest absolute Gasteiger partial charge is 0.433 e. The quantitative estimate of drug-likeness (QED) is 0.577. The fraction of sp³-hybridized carbons (Fsp3) is 0.565. The van der Waals surface area contributed by atoms with Crippen molar-refractivity contribution in [2.45, 2.75) is 72.8 Å². The summed E-state index contributed by atoms with van der Waals surface area (Å²) in [5.74, 6) is 1.07. The lowest BCUT2D eigenvalue weighted by Gasteiger charge is -2.38.